The zero-order valence-corrected chi connectivity index (χ0v) is 31.6. The number of hydrogen-bond acceptors (Lipinski definition) is 11. The molecule has 0 unspecified atom stereocenters. The number of amides is 2. The highest BCUT2D eigenvalue weighted by Crippen LogP contribution is 2.44. The van der Waals surface area contributed by atoms with Gasteiger partial charge in [-0.1, -0.05) is 103 Å². The Kier molecular flexibility index (Phi) is 11.4. The molecule has 2 atom stereocenters. The third-order valence-electron chi connectivity index (χ3n) is 9.55. The first kappa shape index (κ1) is 37.4. The van der Waals surface area contributed by atoms with E-state index in [2.05, 4.69) is 60.2 Å². The van der Waals surface area contributed by atoms with Crippen molar-refractivity contribution in [2.75, 3.05) is 31.0 Å². The first-order valence-electron chi connectivity index (χ1n) is 18.4. The van der Waals surface area contributed by atoms with E-state index in [-0.39, 0.29) is 30.5 Å². The summed E-state index contributed by atoms with van der Waals surface area (Å²) in [4.78, 5) is 50.1. The number of fused-ring (bicyclic) bond motifs is 3. The highest BCUT2D eigenvalue weighted by molar-refractivity contribution is 5.85. The number of methoxy groups -OCH3 is 1. The van der Waals surface area contributed by atoms with Crippen molar-refractivity contribution in [1.29, 1.82) is 0 Å². The number of carbonyl (C=O) groups is 2. The molecular weight excluding hydrogens is 707 g/mol. The molecular formula is C43H43N9O4. The number of hydrogen-bond donors (Lipinski definition) is 3. The second kappa shape index (κ2) is 17.1. The van der Waals surface area contributed by atoms with Crippen LogP contribution in [0.1, 0.15) is 42.0 Å². The number of nitrogens with zero attached hydrogens (tertiary/aromatic N) is 6. The summed E-state index contributed by atoms with van der Waals surface area (Å²) in [5.74, 6) is 1.53. The summed E-state index contributed by atoms with van der Waals surface area (Å²) in [5.41, 5.74) is 7.40. The predicted molar refractivity (Wildman–Crippen MR) is 215 cm³/mol. The summed E-state index contributed by atoms with van der Waals surface area (Å²) in [5, 5.41) is 8.99. The van der Waals surface area contributed by atoms with Crippen LogP contribution >= 0.6 is 0 Å². The van der Waals surface area contributed by atoms with E-state index in [0.717, 1.165) is 38.9 Å². The van der Waals surface area contributed by atoms with Crippen molar-refractivity contribution in [3.63, 3.8) is 0 Å². The minimum atomic E-state index is -0.786. The molecule has 13 heteroatoms. The van der Waals surface area contributed by atoms with Crippen LogP contribution in [-0.4, -0.2) is 69.8 Å². The molecule has 0 spiro atoms. The predicted octanol–water partition coefficient (Wildman–Crippen LogP) is 6.69. The average Bonchev–Trinajstić information content (AvgIpc) is 3.55. The van der Waals surface area contributed by atoms with E-state index in [9.17, 15) is 9.59 Å². The van der Waals surface area contributed by atoms with Crippen molar-refractivity contribution >= 4 is 29.7 Å². The highest BCUT2D eigenvalue weighted by atomic mass is 16.5. The normalized spacial score (nSPS) is 12.8. The van der Waals surface area contributed by atoms with Crippen LogP contribution in [0.15, 0.2) is 115 Å². The van der Waals surface area contributed by atoms with Crippen molar-refractivity contribution < 1.29 is 19.1 Å². The minimum Gasteiger partial charge on any atom is -0.467 e. The van der Waals surface area contributed by atoms with Gasteiger partial charge in [0.05, 0.1) is 7.11 Å². The number of ether oxygens (including phenoxy) is 2. The van der Waals surface area contributed by atoms with Crippen molar-refractivity contribution in [2.45, 2.75) is 44.8 Å². The molecule has 1 aliphatic rings. The molecule has 56 heavy (non-hydrogen) atoms. The molecule has 0 saturated heterocycles. The van der Waals surface area contributed by atoms with Gasteiger partial charge >= 0.3 is 12.1 Å². The molecule has 284 valence electrons. The van der Waals surface area contributed by atoms with Crippen molar-refractivity contribution in [2.24, 2.45) is 0 Å². The second-order valence-electron chi connectivity index (χ2n) is 13.6. The van der Waals surface area contributed by atoms with Crippen LogP contribution in [0.2, 0.25) is 0 Å². The van der Waals surface area contributed by atoms with Crippen LogP contribution in [0.3, 0.4) is 0 Å². The van der Waals surface area contributed by atoms with Crippen LogP contribution in [0.5, 0.6) is 6.01 Å². The third-order valence-corrected chi connectivity index (χ3v) is 9.55. The van der Waals surface area contributed by atoms with Gasteiger partial charge in [0.25, 0.3) is 0 Å². The summed E-state index contributed by atoms with van der Waals surface area (Å²) >= 11 is 0. The van der Waals surface area contributed by atoms with Crippen LogP contribution in [0.25, 0.3) is 22.5 Å². The molecule has 2 heterocycles. The number of benzene rings is 4. The molecule has 0 bridgehead atoms. The third kappa shape index (κ3) is 8.73. The maximum absolute atomic E-state index is 13.0. The number of nitrogens with one attached hydrogen (secondary N) is 3. The van der Waals surface area contributed by atoms with Gasteiger partial charge in [-0.15, -0.1) is 0 Å². The molecule has 0 aliphatic heterocycles. The van der Waals surface area contributed by atoms with Gasteiger partial charge in [0.2, 0.25) is 17.8 Å². The zero-order valence-electron chi connectivity index (χ0n) is 31.6. The molecule has 13 nitrogen and oxygen atoms in total. The fourth-order valence-electron chi connectivity index (χ4n) is 6.73. The fourth-order valence-corrected chi connectivity index (χ4v) is 6.73. The van der Waals surface area contributed by atoms with E-state index in [1.807, 2.05) is 92.8 Å². The van der Waals surface area contributed by atoms with Crippen LogP contribution in [-0.2, 0) is 22.5 Å². The Morgan fingerprint density at radius 2 is 1.50 bits per heavy atom. The average molecular weight is 750 g/mol. The quantitative estimate of drug-likeness (QED) is 0.109. The van der Waals surface area contributed by atoms with Gasteiger partial charge < -0.3 is 25.4 Å². The molecule has 0 fully saturated rings. The molecule has 6 aromatic rings. The van der Waals surface area contributed by atoms with Crippen molar-refractivity contribution in [1.82, 2.24) is 35.6 Å². The van der Waals surface area contributed by atoms with E-state index in [4.69, 9.17) is 14.5 Å². The number of rotatable bonds is 14. The summed E-state index contributed by atoms with van der Waals surface area (Å²) in [7, 11) is 3.34. The fraction of sp³-hybridized carbons (Fsp3) is 0.233. The lowest BCUT2D eigenvalue weighted by atomic mass is 9.98. The van der Waals surface area contributed by atoms with Crippen LogP contribution < -0.4 is 25.6 Å². The maximum atomic E-state index is 13.0. The summed E-state index contributed by atoms with van der Waals surface area (Å²) in [6.07, 6.45) is 1.72. The van der Waals surface area contributed by atoms with E-state index < -0.39 is 12.1 Å². The number of anilines is 3. The number of carbonyl (C=O) groups excluding carboxylic acids is 2. The summed E-state index contributed by atoms with van der Waals surface area (Å²) in [6, 6.07) is 35.1. The molecule has 2 aromatic heterocycles. The Bertz CT molecular complexity index is 2280. The largest absolute Gasteiger partial charge is 0.467 e. The lowest BCUT2D eigenvalue weighted by Gasteiger charge is -2.19. The molecule has 4 aromatic carbocycles. The Labute approximate surface area is 325 Å². The second-order valence-corrected chi connectivity index (χ2v) is 13.6. The van der Waals surface area contributed by atoms with Gasteiger partial charge in [-0.05, 0) is 59.7 Å². The summed E-state index contributed by atoms with van der Waals surface area (Å²) < 4.78 is 11.0. The number of aromatic nitrogens is 5. The van der Waals surface area contributed by atoms with Crippen molar-refractivity contribution in [3.05, 3.63) is 138 Å². The van der Waals surface area contributed by atoms with Crippen LogP contribution in [0, 0.1) is 0 Å². The standard InChI is InChI=1S/C43H43N9O4/c1-27(46-40-44-22-21-37(48-40)52(3)41-49-38(50-42(51-41)55-4)31-15-6-5-7-16-31)23-29-13-12-14-30(24-29)25-45-39(53)28(2)47-43(54)56-26-36-34-19-10-8-17-32(34)33-18-9-11-20-35(33)36/h5-22,24,27-28,36H,23,25-26H2,1-4H3,(H,45,53)(H,47,54)(H,44,46,48)/t27-,28-/m0/s1. The molecule has 1 aliphatic carbocycles. The minimum absolute atomic E-state index is 0.0243. The molecule has 2 amide bonds. The number of alkyl carbamates (subject to hydrolysis) is 1. The van der Waals surface area contributed by atoms with Gasteiger partial charge in [-0.25, -0.2) is 9.78 Å². The maximum Gasteiger partial charge on any atom is 0.407 e. The van der Waals surface area contributed by atoms with Gasteiger partial charge in [0, 0.05) is 37.3 Å². The lowest BCUT2D eigenvalue weighted by molar-refractivity contribution is -0.122. The summed E-state index contributed by atoms with van der Waals surface area (Å²) in [6.45, 7) is 4.16. The molecule has 0 radical (unpaired) electrons. The van der Waals surface area contributed by atoms with E-state index >= 15 is 0 Å². The Hall–Kier alpha value is -6.89. The first-order chi connectivity index (χ1) is 27.2. The lowest BCUT2D eigenvalue weighted by Crippen LogP contribution is -2.45. The highest BCUT2D eigenvalue weighted by Gasteiger charge is 2.29. The van der Waals surface area contributed by atoms with Gasteiger partial charge in [0.1, 0.15) is 18.5 Å². The monoisotopic (exact) mass is 749 g/mol. The Morgan fingerprint density at radius 3 is 2.23 bits per heavy atom. The van der Waals surface area contributed by atoms with E-state index in [0.29, 0.717) is 36.5 Å². The van der Waals surface area contributed by atoms with E-state index in [1.54, 1.807) is 24.1 Å². The Balaban J connectivity index is 0.896. The van der Waals surface area contributed by atoms with Crippen molar-refractivity contribution in [3.8, 4) is 28.5 Å². The van der Waals surface area contributed by atoms with Gasteiger partial charge in [-0.2, -0.15) is 19.9 Å². The molecule has 3 N–H and O–H groups in total. The topological polar surface area (TPSA) is 156 Å². The van der Waals surface area contributed by atoms with Gasteiger partial charge in [-0.3, -0.25) is 9.69 Å². The zero-order chi connectivity index (χ0) is 39.0. The van der Waals surface area contributed by atoms with Crippen LogP contribution in [0.4, 0.5) is 22.5 Å². The Morgan fingerprint density at radius 1 is 0.804 bits per heavy atom. The molecule has 0 saturated carbocycles. The van der Waals surface area contributed by atoms with E-state index in [1.165, 1.54) is 7.11 Å². The molecule has 7 rings (SSSR count). The van der Waals surface area contributed by atoms with Gasteiger partial charge in [0.15, 0.2) is 5.82 Å². The SMILES string of the molecule is COc1nc(-c2ccccc2)nc(N(C)c2ccnc(N[C@@H](C)Cc3cccc(CNC(=O)[C@H](C)NC(=O)OCC4c5ccccc5-c5ccccc54)c3)n2)n1. The first-order valence-corrected chi connectivity index (χ1v) is 18.4. The smallest absolute Gasteiger partial charge is 0.407 e.